The lowest BCUT2D eigenvalue weighted by Crippen LogP contribution is -2.24. The van der Waals surface area contributed by atoms with E-state index in [0.29, 0.717) is 11.6 Å². The highest BCUT2D eigenvalue weighted by Crippen LogP contribution is 2.26. The van der Waals surface area contributed by atoms with Gasteiger partial charge in [-0.3, -0.25) is 14.9 Å². The molecule has 0 radical (unpaired) electrons. The average Bonchev–Trinajstić information content (AvgIpc) is 2.59. The van der Waals surface area contributed by atoms with Crippen molar-refractivity contribution < 1.29 is 32.0 Å². The van der Waals surface area contributed by atoms with E-state index in [1.54, 1.807) is 0 Å². The number of carbonyl (C=O) groups is 1. The lowest BCUT2D eigenvalue weighted by atomic mass is 10.1. The van der Waals surface area contributed by atoms with Gasteiger partial charge in [0.1, 0.15) is 11.5 Å². The molecule has 0 spiro atoms. The molecule has 0 fully saturated rings. The molecule has 2 aromatic rings. The van der Waals surface area contributed by atoms with Crippen LogP contribution in [0, 0.1) is 15.9 Å². The summed E-state index contributed by atoms with van der Waals surface area (Å²) in [7, 11) is 0. The second-order valence-electron chi connectivity index (χ2n) is 5.23. The Morgan fingerprint density at radius 2 is 2.04 bits per heavy atom. The summed E-state index contributed by atoms with van der Waals surface area (Å²) in [6, 6.07) is 3.89. The van der Waals surface area contributed by atoms with Gasteiger partial charge < -0.3 is 15.8 Å². The van der Waals surface area contributed by atoms with Gasteiger partial charge in [0.15, 0.2) is 6.61 Å². The van der Waals surface area contributed by atoms with Crippen molar-refractivity contribution in [2.45, 2.75) is 12.7 Å². The zero-order chi connectivity index (χ0) is 20.2. The van der Waals surface area contributed by atoms with Crippen molar-refractivity contribution >= 4 is 17.3 Å². The third-order valence-corrected chi connectivity index (χ3v) is 3.20. The van der Waals surface area contributed by atoms with Crippen LogP contribution in [0.25, 0.3) is 0 Å². The molecule has 0 aliphatic rings. The third kappa shape index (κ3) is 5.52. The van der Waals surface area contributed by atoms with Crippen LogP contribution in [0.4, 0.5) is 28.9 Å². The van der Waals surface area contributed by atoms with E-state index in [-0.39, 0.29) is 12.4 Å². The predicted octanol–water partition coefficient (Wildman–Crippen LogP) is 2.58. The van der Waals surface area contributed by atoms with Crippen LogP contribution in [-0.2, 0) is 6.54 Å². The van der Waals surface area contributed by atoms with Crippen LogP contribution < -0.4 is 15.8 Å². The van der Waals surface area contributed by atoms with E-state index in [1.807, 2.05) is 0 Å². The molecular weight excluding hydrogens is 376 g/mol. The van der Waals surface area contributed by atoms with Gasteiger partial charge in [-0.05, 0) is 17.7 Å². The van der Waals surface area contributed by atoms with Gasteiger partial charge in [0.2, 0.25) is 5.88 Å². The minimum Gasteiger partial charge on any atom is -0.468 e. The molecule has 1 aromatic carbocycles. The van der Waals surface area contributed by atoms with Crippen molar-refractivity contribution in [3.63, 3.8) is 0 Å². The van der Waals surface area contributed by atoms with Crippen molar-refractivity contribution in [1.29, 1.82) is 0 Å². The number of nitro groups is 1. The van der Waals surface area contributed by atoms with Gasteiger partial charge in [-0.2, -0.15) is 13.2 Å². The summed E-state index contributed by atoms with van der Waals surface area (Å²) in [5.41, 5.74) is 4.15. The molecule has 27 heavy (non-hydrogen) atoms. The highest BCUT2D eigenvalue weighted by Gasteiger charge is 2.28. The number of nitrogens with zero attached hydrogens (tertiary/aromatic N) is 2. The van der Waals surface area contributed by atoms with E-state index in [1.165, 1.54) is 18.3 Å². The molecular formula is C15H12F4N4O4. The molecule has 0 unspecified atom stereocenters. The summed E-state index contributed by atoms with van der Waals surface area (Å²) in [6.45, 7) is -1.72. The van der Waals surface area contributed by atoms with Crippen LogP contribution in [0.15, 0.2) is 30.5 Å². The number of hydrogen-bond acceptors (Lipinski definition) is 6. The van der Waals surface area contributed by atoms with E-state index in [4.69, 9.17) is 5.73 Å². The summed E-state index contributed by atoms with van der Waals surface area (Å²) in [4.78, 5) is 25.6. The first-order chi connectivity index (χ1) is 12.6. The number of nitrogen functional groups attached to an aromatic ring is 1. The maximum atomic E-state index is 13.5. The Hall–Kier alpha value is -3.44. The largest absolute Gasteiger partial charge is 0.468 e. The lowest BCUT2D eigenvalue weighted by Gasteiger charge is -2.10. The first-order valence-electron chi connectivity index (χ1n) is 7.23. The molecule has 0 atom stereocenters. The fourth-order valence-electron chi connectivity index (χ4n) is 2.02. The number of hydrogen-bond donors (Lipinski definition) is 2. The van der Waals surface area contributed by atoms with Gasteiger partial charge in [-0.1, -0.05) is 0 Å². The number of ether oxygens (including phenoxy) is 1. The van der Waals surface area contributed by atoms with Gasteiger partial charge in [0.05, 0.1) is 16.6 Å². The van der Waals surface area contributed by atoms with E-state index < -0.39 is 46.4 Å². The predicted molar refractivity (Wildman–Crippen MR) is 84.4 cm³/mol. The van der Waals surface area contributed by atoms with Crippen LogP contribution in [0.5, 0.6) is 5.88 Å². The summed E-state index contributed by atoms with van der Waals surface area (Å²) in [5, 5.41) is 13.2. The number of nitro benzene ring substituents is 1. The number of nitrogens with two attached hydrogens (primary N) is 1. The summed E-state index contributed by atoms with van der Waals surface area (Å²) >= 11 is 0. The summed E-state index contributed by atoms with van der Waals surface area (Å²) in [6.07, 6.45) is -3.36. The van der Waals surface area contributed by atoms with Crippen molar-refractivity contribution in [2.24, 2.45) is 0 Å². The Balaban J connectivity index is 2.09. The molecule has 0 aliphatic carbocycles. The van der Waals surface area contributed by atoms with Gasteiger partial charge in [-0.25, -0.2) is 9.37 Å². The Morgan fingerprint density at radius 1 is 1.33 bits per heavy atom. The van der Waals surface area contributed by atoms with Gasteiger partial charge >= 0.3 is 6.18 Å². The molecule has 2 rings (SSSR count). The van der Waals surface area contributed by atoms with Crippen molar-refractivity contribution in [1.82, 2.24) is 10.3 Å². The number of rotatable bonds is 6. The second-order valence-corrected chi connectivity index (χ2v) is 5.23. The molecule has 0 aliphatic heterocycles. The molecule has 1 aromatic heterocycles. The standard InChI is InChI=1S/C15H12F4N4O4/c16-9-4-10(13(20)11(5-9)23(25)26)14(24)22-6-8-1-2-21-12(3-8)27-7-15(17,18)19/h1-5H,6-7,20H2,(H,22,24). The zero-order valence-corrected chi connectivity index (χ0v) is 13.4. The number of halogens is 4. The maximum Gasteiger partial charge on any atom is 0.422 e. The number of amides is 1. The van der Waals surface area contributed by atoms with Gasteiger partial charge in [0.25, 0.3) is 11.6 Å². The molecule has 0 bridgehead atoms. The van der Waals surface area contributed by atoms with Crippen LogP contribution >= 0.6 is 0 Å². The Morgan fingerprint density at radius 3 is 2.67 bits per heavy atom. The third-order valence-electron chi connectivity index (χ3n) is 3.20. The van der Waals surface area contributed by atoms with E-state index in [0.717, 1.165) is 6.07 Å². The Bertz CT molecular complexity index is 873. The van der Waals surface area contributed by atoms with Crippen LogP contribution in [0.3, 0.4) is 0 Å². The fourth-order valence-corrected chi connectivity index (χ4v) is 2.02. The average molecular weight is 388 g/mol. The topological polar surface area (TPSA) is 120 Å². The highest BCUT2D eigenvalue weighted by molar-refractivity contribution is 6.01. The number of nitrogens with one attached hydrogen (secondary N) is 1. The molecule has 0 saturated heterocycles. The SMILES string of the molecule is Nc1c(C(=O)NCc2ccnc(OCC(F)(F)F)c2)cc(F)cc1[N+](=O)[O-]. The zero-order valence-electron chi connectivity index (χ0n) is 13.4. The number of pyridine rings is 1. The Kier molecular flexibility index (Phi) is 5.78. The van der Waals surface area contributed by atoms with Crippen LogP contribution in [0.1, 0.15) is 15.9 Å². The quantitative estimate of drug-likeness (QED) is 0.340. The van der Waals surface area contributed by atoms with E-state index in [2.05, 4.69) is 15.0 Å². The van der Waals surface area contributed by atoms with Gasteiger partial charge in [-0.15, -0.1) is 0 Å². The number of anilines is 1. The minimum absolute atomic E-state index is 0.187. The monoisotopic (exact) mass is 388 g/mol. The highest BCUT2D eigenvalue weighted by atomic mass is 19.4. The van der Waals surface area contributed by atoms with Crippen molar-refractivity contribution in [3.8, 4) is 5.88 Å². The second kappa shape index (κ2) is 7.85. The maximum absolute atomic E-state index is 13.5. The minimum atomic E-state index is -4.53. The van der Waals surface area contributed by atoms with Crippen LogP contribution in [-0.4, -0.2) is 28.6 Å². The fraction of sp³-hybridized carbons (Fsp3) is 0.200. The lowest BCUT2D eigenvalue weighted by molar-refractivity contribution is -0.384. The molecule has 3 N–H and O–H groups in total. The van der Waals surface area contributed by atoms with E-state index >= 15 is 0 Å². The molecule has 12 heteroatoms. The number of aromatic nitrogens is 1. The normalized spacial score (nSPS) is 11.1. The Labute approximate surface area is 149 Å². The summed E-state index contributed by atoms with van der Waals surface area (Å²) < 4.78 is 54.4. The summed E-state index contributed by atoms with van der Waals surface area (Å²) in [5.74, 6) is -2.22. The molecule has 0 saturated carbocycles. The smallest absolute Gasteiger partial charge is 0.422 e. The molecule has 1 heterocycles. The van der Waals surface area contributed by atoms with Crippen LogP contribution in [0.2, 0.25) is 0 Å². The molecule has 144 valence electrons. The first-order valence-corrected chi connectivity index (χ1v) is 7.23. The molecule has 8 nitrogen and oxygen atoms in total. The van der Waals surface area contributed by atoms with Gasteiger partial charge in [0, 0.05) is 18.8 Å². The van der Waals surface area contributed by atoms with Crippen molar-refractivity contribution in [3.05, 3.63) is 57.5 Å². The number of alkyl halides is 3. The molecule has 1 amide bonds. The number of carbonyl (C=O) groups excluding carboxylic acids is 1. The first kappa shape index (κ1) is 19.9. The number of benzene rings is 1. The van der Waals surface area contributed by atoms with Crippen molar-refractivity contribution in [2.75, 3.05) is 12.3 Å². The van der Waals surface area contributed by atoms with E-state index in [9.17, 15) is 32.5 Å².